The number of ketones is 1. The van der Waals surface area contributed by atoms with Crippen molar-refractivity contribution in [1.29, 1.82) is 0 Å². The van der Waals surface area contributed by atoms with Crippen LogP contribution in [0.2, 0.25) is 10.0 Å². The zero-order chi connectivity index (χ0) is 11.7. The summed E-state index contributed by atoms with van der Waals surface area (Å²) in [6, 6.07) is 4.98. The molecule has 0 amide bonds. The van der Waals surface area contributed by atoms with Crippen LogP contribution in [0.3, 0.4) is 0 Å². The Kier molecular flexibility index (Phi) is 2.99. The summed E-state index contributed by atoms with van der Waals surface area (Å²) in [5.74, 6) is -0.123. The molecule has 0 unspecified atom stereocenters. The van der Waals surface area contributed by atoms with Gasteiger partial charge in [0.1, 0.15) is 12.0 Å². The van der Waals surface area contributed by atoms with E-state index < -0.39 is 0 Å². The maximum absolute atomic E-state index is 11.3. The van der Waals surface area contributed by atoms with E-state index in [0.717, 1.165) is 0 Å². The lowest BCUT2D eigenvalue weighted by molar-refractivity contribution is 0.101. The Bertz CT molecular complexity index is 549. The maximum Gasteiger partial charge on any atom is 0.165 e. The zero-order valence-electron chi connectivity index (χ0n) is 8.33. The summed E-state index contributed by atoms with van der Waals surface area (Å²) in [5, 5.41) is 4.74. The molecule has 1 aromatic carbocycles. The van der Waals surface area contributed by atoms with Crippen LogP contribution >= 0.6 is 23.2 Å². The van der Waals surface area contributed by atoms with E-state index in [-0.39, 0.29) is 5.78 Å². The normalized spacial score (nSPS) is 10.4. The fourth-order valence-corrected chi connectivity index (χ4v) is 1.86. The molecule has 82 valence electrons. The highest BCUT2D eigenvalue weighted by Crippen LogP contribution is 2.31. The fourth-order valence-electron chi connectivity index (χ4n) is 1.36. The Hall–Kier alpha value is -1.32. The number of Topliss-reactive ketones (excluding diaryl/α,β-unsaturated/α-hetero) is 1. The monoisotopic (exact) mass is 255 g/mol. The van der Waals surface area contributed by atoms with Crippen LogP contribution in [0.1, 0.15) is 17.3 Å². The summed E-state index contributed by atoms with van der Waals surface area (Å²) in [4.78, 5) is 11.3. The third-order valence-corrected chi connectivity index (χ3v) is 2.68. The van der Waals surface area contributed by atoms with Gasteiger partial charge in [-0.05, 0) is 25.1 Å². The van der Waals surface area contributed by atoms with E-state index in [2.05, 4.69) is 5.16 Å². The molecule has 2 rings (SSSR count). The lowest BCUT2D eigenvalue weighted by atomic mass is 10.1. The lowest BCUT2D eigenvalue weighted by Gasteiger charge is -2.01. The smallest absolute Gasteiger partial charge is 0.165 e. The average Bonchev–Trinajstić information content (AvgIpc) is 2.66. The molecular formula is C11H7Cl2NO2. The highest BCUT2D eigenvalue weighted by atomic mass is 35.5. The highest BCUT2D eigenvalue weighted by molar-refractivity contribution is 6.36. The average molecular weight is 256 g/mol. The van der Waals surface area contributed by atoms with Crippen molar-refractivity contribution in [2.24, 2.45) is 0 Å². The molecule has 0 fully saturated rings. The molecule has 16 heavy (non-hydrogen) atoms. The highest BCUT2D eigenvalue weighted by Gasteiger charge is 2.16. The largest absolute Gasteiger partial charge is 0.363 e. The maximum atomic E-state index is 11.3. The summed E-state index contributed by atoms with van der Waals surface area (Å²) >= 11 is 11.8. The van der Waals surface area contributed by atoms with Crippen molar-refractivity contribution in [2.45, 2.75) is 6.92 Å². The molecule has 0 N–H and O–H groups in total. The molecule has 3 nitrogen and oxygen atoms in total. The SMILES string of the molecule is CC(=O)c1conc1-c1ccc(Cl)cc1Cl. The van der Waals surface area contributed by atoms with E-state index >= 15 is 0 Å². The number of rotatable bonds is 2. The van der Waals surface area contributed by atoms with Crippen molar-refractivity contribution in [3.05, 3.63) is 40.1 Å². The van der Waals surface area contributed by atoms with Crippen molar-refractivity contribution < 1.29 is 9.32 Å². The van der Waals surface area contributed by atoms with Crippen LogP contribution < -0.4 is 0 Å². The van der Waals surface area contributed by atoms with Gasteiger partial charge in [0.2, 0.25) is 0 Å². The van der Waals surface area contributed by atoms with E-state index in [4.69, 9.17) is 27.7 Å². The predicted octanol–water partition coefficient (Wildman–Crippen LogP) is 3.85. The van der Waals surface area contributed by atoms with Crippen molar-refractivity contribution >= 4 is 29.0 Å². The van der Waals surface area contributed by atoms with Gasteiger partial charge in [0, 0.05) is 10.6 Å². The van der Waals surface area contributed by atoms with Crippen molar-refractivity contribution in [1.82, 2.24) is 5.16 Å². The quantitative estimate of drug-likeness (QED) is 0.766. The summed E-state index contributed by atoms with van der Waals surface area (Å²) in [6.45, 7) is 1.44. The predicted molar refractivity (Wildman–Crippen MR) is 62.0 cm³/mol. The second-order valence-electron chi connectivity index (χ2n) is 3.26. The van der Waals surface area contributed by atoms with Crippen molar-refractivity contribution in [2.75, 3.05) is 0 Å². The molecule has 0 aliphatic rings. The van der Waals surface area contributed by atoms with E-state index in [1.807, 2.05) is 0 Å². The van der Waals surface area contributed by atoms with E-state index in [1.165, 1.54) is 13.2 Å². The third kappa shape index (κ3) is 1.96. The zero-order valence-corrected chi connectivity index (χ0v) is 9.84. The van der Waals surface area contributed by atoms with Gasteiger partial charge in [0.25, 0.3) is 0 Å². The lowest BCUT2D eigenvalue weighted by Crippen LogP contribution is -1.93. The van der Waals surface area contributed by atoms with Crippen LogP contribution in [0.5, 0.6) is 0 Å². The number of nitrogens with zero attached hydrogens (tertiary/aromatic N) is 1. The van der Waals surface area contributed by atoms with Crippen LogP contribution in [-0.4, -0.2) is 10.9 Å². The Labute approximate surface area is 102 Å². The van der Waals surface area contributed by atoms with Gasteiger partial charge in [0.05, 0.1) is 10.6 Å². The third-order valence-electron chi connectivity index (χ3n) is 2.14. The first kappa shape index (κ1) is 11.2. The molecule has 5 heteroatoms. The van der Waals surface area contributed by atoms with Gasteiger partial charge in [-0.25, -0.2) is 0 Å². The van der Waals surface area contributed by atoms with Gasteiger partial charge in [0.15, 0.2) is 5.78 Å². The van der Waals surface area contributed by atoms with Crippen LogP contribution in [-0.2, 0) is 0 Å². The minimum Gasteiger partial charge on any atom is -0.363 e. The minimum absolute atomic E-state index is 0.123. The summed E-state index contributed by atoms with van der Waals surface area (Å²) < 4.78 is 4.78. The Morgan fingerprint density at radius 1 is 1.38 bits per heavy atom. The Morgan fingerprint density at radius 3 is 2.75 bits per heavy atom. The van der Waals surface area contributed by atoms with Gasteiger partial charge in [-0.1, -0.05) is 28.4 Å². The molecule has 0 aliphatic carbocycles. The molecule has 1 heterocycles. The van der Waals surface area contributed by atoms with Gasteiger partial charge >= 0.3 is 0 Å². The molecule has 2 aromatic rings. The molecule has 0 spiro atoms. The molecule has 1 aromatic heterocycles. The van der Waals surface area contributed by atoms with Gasteiger partial charge in [-0.15, -0.1) is 0 Å². The number of benzene rings is 1. The first-order valence-electron chi connectivity index (χ1n) is 4.50. The van der Waals surface area contributed by atoms with E-state index in [1.54, 1.807) is 18.2 Å². The molecular weight excluding hydrogens is 249 g/mol. The molecule has 0 saturated heterocycles. The Morgan fingerprint density at radius 2 is 2.12 bits per heavy atom. The number of hydrogen-bond acceptors (Lipinski definition) is 3. The van der Waals surface area contributed by atoms with Crippen LogP contribution in [0, 0.1) is 0 Å². The second-order valence-corrected chi connectivity index (χ2v) is 4.10. The molecule has 0 atom stereocenters. The van der Waals surface area contributed by atoms with Crippen molar-refractivity contribution in [3.63, 3.8) is 0 Å². The van der Waals surface area contributed by atoms with Crippen LogP contribution in [0.25, 0.3) is 11.3 Å². The standard InChI is InChI=1S/C11H7Cl2NO2/c1-6(15)9-5-16-14-11(9)8-3-2-7(12)4-10(8)13/h2-5H,1H3. The topological polar surface area (TPSA) is 43.1 Å². The molecule has 0 saturated carbocycles. The van der Waals surface area contributed by atoms with Gasteiger partial charge in [-0.3, -0.25) is 4.79 Å². The number of hydrogen-bond donors (Lipinski definition) is 0. The summed E-state index contributed by atoms with van der Waals surface area (Å²) in [7, 11) is 0. The van der Waals surface area contributed by atoms with Gasteiger partial charge < -0.3 is 4.52 Å². The number of carbonyl (C=O) groups excluding carboxylic acids is 1. The molecule has 0 aliphatic heterocycles. The van der Waals surface area contributed by atoms with Crippen molar-refractivity contribution in [3.8, 4) is 11.3 Å². The Balaban J connectivity index is 2.59. The fraction of sp³-hybridized carbons (Fsp3) is 0.0909. The van der Waals surface area contributed by atoms with Crippen LogP contribution in [0.15, 0.2) is 29.0 Å². The van der Waals surface area contributed by atoms with Crippen LogP contribution in [0.4, 0.5) is 0 Å². The number of aromatic nitrogens is 1. The first-order valence-corrected chi connectivity index (χ1v) is 5.26. The number of carbonyl (C=O) groups is 1. The van der Waals surface area contributed by atoms with E-state index in [0.29, 0.717) is 26.9 Å². The first-order chi connectivity index (χ1) is 7.59. The summed E-state index contributed by atoms with van der Waals surface area (Å²) in [6.07, 6.45) is 1.31. The second kappa shape index (κ2) is 4.28. The summed E-state index contributed by atoms with van der Waals surface area (Å²) in [5.41, 5.74) is 1.48. The molecule has 0 bridgehead atoms. The minimum atomic E-state index is -0.123. The van der Waals surface area contributed by atoms with Gasteiger partial charge in [-0.2, -0.15) is 0 Å². The van der Waals surface area contributed by atoms with E-state index in [9.17, 15) is 4.79 Å². The number of halogens is 2. The molecule has 0 radical (unpaired) electrons.